The lowest BCUT2D eigenvalue weighted by Gasteiger charge is -2.26. The molecule has 1 amide bonds. The number of allylic oxidation sites excluding steroid dienone is 2. The van der Waals surface area contributed by atoms with Gasteiger partial charge in [0.1, 0.15) is 0 Å². The Labute approximate surface area is 117 Å². The number of carbonyl (C=O) groups is 2. The van der Waals surface area contributed by atoms with Gasteiger partial charge in [-0.15, -0.1) is 0 Å². The van der Waals surface area contributed by atoms with Crippen molar-refractivity contribution < 1.29 is 24.5 Å². The Hall–Kier alpha value is -1.40. The van der Waals surface area contributed by atoms with Gasteiger partial charge in [0.25, 0.3) is 0 Å². The molecule has 20 heavy (non-hydrogen) atoms. The van der Waals surface area contributed by atoms with E-state index in [1.54, 1.807) is 0 Å². The Kier molecular flexibility index (Phi) is 4.77. The van der Waals surface area contributed by atoms with E-state index in [0.29, 0.717) is 13.0 Å². The maximum Gasteiger partial charge on any atom is 0.307 e. The Morgan fingerprint density at radius 1 is 1.35 bits per heavy atom. The maximum atomic E-state index is 12.4. The van der Waals surface area contributed by atoms with Crippen molar-refractivity contribution in [1.29, 1.82) is 0 Å². The fourth-order valence-corrected chi connectivity index (χ4v) is 3.37. The predicted molar refractivity (Wildman–Crippen MR) is 70.9 cm³/mol. The number of carbonyl (C=O) groups excluding carboxylic acids is 1. The van der Waals surface area contributed by atoms with Crippen molar-refractivity contribution in [2.45, 2.75) is 18.9 Å². The number of carboxylic acid groups (broad SMARTS) is 1. The Morgan fingerprint density at radius 2 is 2.00 bits per heavy atom. The van der Waals surface area contributed by atoms with E-state index in [2.05, 4.69) is 5.32 Å². The lowest BCUT2D eigenvalue weighted by atomic mass is 9.82. The van der Waals surface area contributed by atoms with Crippen molar-refractivity contribution in [2.75, 3.05) is 20.3 Å². The fourth-order valence-electron chi connectivity index (χ4n) is 3.37. The van der Waals surface area contributed by atoms with E-state index < -0.39 is 17.8 Å². The molecule has 0 radical (unpaired) electrons. The number of amides is 1. The highest BCUT2D eigenvalue weighted by Gasteiger charge is 2.51. The summed E-state index contributed by atoms with van der Waals surface area (Å²) in [6, 6.07) is -0.282. The van der Waals surface area contributed by atoms with Crippen LogP contribution in [0.2, 0.25) is 0 Å². The minimum Gasteiger partial charge on any atom is -0.481 e. The number of fused-ring (bicyclic) bond motifs is 2. The van der Waals surface area contributed by atoms with Crippen LogP contribution in [0, 0.1) is 23.7 Å². The summed E-state index contributed by atoms with van der Waals surface area (Å²) >= 11 is 0. The summed E-state index contributed by atoms with van der Waals surface area (Å²) in [5, 5.41) is 21.1. The van der Waals surface area contributed by atoms with Crippen LogP contribution >= 0.6 is 0 Å². The average molecular weight is 283 g/mol. The molecule has 0 aromatic heterocycles. The zero-order valence-electron chi connectivity index (χ0n) is 11.5. The summed E-state index contributed by atoms with van der Waals surface area (Å²) in [6.45, 7) is 0.258. The number of hydrogen-bond acceptors (Lipinski definition) is 4. The van der Waals surface area contributed by atoms with Gasteiger partial charge in [-0.2, -0.15) is 0 Å². The van der Waals surface area contributed by atoms with Gasteiger partial charge in [0.2, 0.25) is 5.91 Å². The molecule has 2 rings (SSSR count). The third kappa shape index (κ3) is 2.86. The molecule has 5 unspecified atom stereocenters. The van der Waals surface area contributed by atoms with Gasteiger partial charge in [-0.3, -0.25) is 9.59 Å². The Balaban J connectivity index is 2.04. The van der Waals surface area contributed by atoms with E-state index in [1.807, 2.05) is 12.2 Å². The van der Waals surface area contributed by atoms with E-state index in [-0.39, 0.29) is 30.4 Å². The first kappa shape index (κ1) is 15.0. The van der Waals surface area contributed by atoms with Gasteiger partial charge in [0.15, 0.2) is 0 Å². The summed E-state index contributed by atoms with van der Waals surface area (Å²) in [6.07, 6.45) is 5.00. The van der Waals surface area contributed by atoms with Crippen LogP contribution in [0.1, 0.15) is 12.8 Å². The van der Waals surface area contributed by atoms with Gasteiger partial charge in [-0.1, -0.05) is 12.2 Å². The average Bonchev–Trinajstić information content (AvgIpc) is 2.99. The first-order valence-corrected chi connectivity index (χ1v) is 6.89. The van der Waals surface area contributed by atoms with Crippen LogP contribution in [0.4, 0.5) is 0 Å². The molecule has 112 valence electrons. The number of ether oxygens (including phenoxy) is 1. The topological polar surface area (TPSA) is 95.9 Å². The highest BCUT2D eigenvalue weighted by molar-refractivity contribution is 5.87. The molecule has 1 saturated carbocycles. The number of aliphatic hydroxyl groups excluding tert-OH is 1. The number of hydrogen-bond donors (Lipinski definition) is 3. The van der Waals surface area contributed by atoms with Gasteiger partial charge in [0, 0.05) is 13.7 Å². The third-order valence-corrected chi connectivity index (χ3v) is 4.24. The second-order valence-electron chi connectivity index (χ2n) is 5.51. The molecule has 0 heterocycles. The smallest absolute Gasteiger partial charge is 0.307 e. The highest BCUT2D eigenvalue weighted by Crippen LogP contribution is 2.48. The Morgan fingerprint density at radius 3 is 2.55 bits per heavy atom. The number of methoxy groups -OCH3 is 1. The number of aliphatic carboxylic acids is 1. The molecule has 0 aromatic carbocycles. The van der Waals surface area contributed by atoms with E-state index in [4.69, 9.17) is 9.84 Å². The first-order chi connectivity index (χ1) is 9.58. The minimum absolute atomic E-state index is 0.0124. The summed E-state index contributed by atoms with van der Waals surface area (Å²) < 4.78 is 5.00. The molecule has 0 saturated heterocycles. The molecule has 6 nitrogen and oxygen atoms in total. The molecular formula is C14H21NO5. The van der Waals surface area contributed by atoms with Crippen LogP contribution in [0.3, 0.4) is 0 Å². The van der Waals surface area contributed by atoms with Crippen LogP contribution in [0.15, 0.2) is 12.2 Å². The normalized spacial score (nSPS) is 32.3. The third-order valence-electron chi connectivity index (χ3n) is 4.24. The second kappa shape index (κ2) is 6.37. The SMILES string of the molecule is COCC(CCO)NC(=O)C1C2C=CC(C2)C1C(=O)O. The quantitative estimate of drug-likeness (QED) is 0.573. The molecule has 6 heteroatoms. The van der Waals surface area contributed by atoms with Crippen LogP contribution in [-0.4, -0.2) is 48.5 Å². The van der Waals surface area contributed by atoms with Crippen molar-refractivity contribution in [1.82, 2.24) is 5.32 Å². The number of rotatable bonds is 7. The number of nitrogens with one attached hydrogen (secondary N) is 1. The van der Waals surface area contributed by atoms with E-state index in [9.17, 15) is 14.7 Å². The van der Waals surface area contributed by atoms with Crippen molar-refractivity contribution >= 4 is 11.9 Å². The number of carboxylic acids is 1. The van der Waals surface area contributed by atoms with Crippen molar-refractivity contribution in [2.24, 2.45) is 23.7 Å². The van der Waals surface area contributed by atoms with Crippen LogP contribution in [-0.2, 0) is 14.3 Å². The van der Waals surface area contributed by atoms with E-state index in [1.165, 1.54) is 7.11 Å². The predicted octanol–water partition coefficient (Wildman–Crippen LogP) is 0.0229. The maximum absolute atomic E-state index is 12.4. The molecule has 2 aliphatic rings. The lowest BCUT2D eigenvalue weighted by Crippen LogP contribution is -2.46. The molecule has 0 aromatic rings. The highest BCUT2D eigenvalue weighted by atomic mass is 16.5. The largest absolute Gasteiger partial charge is 0.481 e. The molecular weight excluding hydrogens is 262 g/mol. The molecule has 0 spiro atoms. The minimum atomic E-state index is -0.910. The zero-order valence-corrected chi connectivity index (χ0v) is 11.5. The van der Waals surface area contributed by atoms with Crippen LogP contribution < -0.4 is 5.32 Å². The van der Waals surface area contributed by atoms with Crippen LogP contribution in [0.25, 0.3) is 0 Å². The molecule has 1 fully saturated rings. The van der Waals surface area contributed by atoms with Gasteiger partial charge in [-0.05, 0) is 24.7 Å². The van der Waals surface area contributed by atoms with Gasteiger partial charge < -0.3 is 20.3 Å². The number of aliphatic hydroxyl groups is 1. The molecule has 2 bridgehead atoms. The van der Waals surface area contributed by atoms with E-state index >= 15 is 0 Å². The first-order valence-electron chi connectivity index (χ1n) is 6.89. The summed E-state index contributed by atoms with van der Waals surface area (Å²) in [7, 11) is 1.52. The van der Waals surface area contributed by atoms with Gasteiger partial charge in [0.05, 0.1) is 24.5 Å². The molecule has 0 aliphatic heterocycles. The van der Waals surface area contributed by atoms with Crippen molar-refractivity contribution in [3.63, 3.8) is 0 Å². The standard InChI is InChI=1S/C14H21NO5/c1-20-7-10(4-5-16)15-13(17)11-8-2-3-9(6-8)12(11)14(18)19/h2-3,8-12,16H,4-7H2,1H3,(H,15,17)(H,18,19). The molecule has 5 atom stereocenters. The monoisotopic (exact) mass is 283 g/mol. The Bertz CT molecular complexity index is 402. The molecule has 3 N–H and O–H groups in total. The summed E-state index contributed by atoms with van der Waals surface area (Å²) in [5.74, 6) is -2.33. The van der Waals surface area contributed by atoms with Gasteiger partial charge >= 0.3 is 5.97 Å². The van der Waals surface area contributed by atoms with Gasteiger partial charge in [-0.25, -0.2) is 0 Å². The van der Waals surface area contributed by atoms with Crippen molar-refractivity contribution in [3.05, 3.63) is 12.2 Å². The summed E-state index contributed by atoms with van der Waals surface area (Å²) in [4.78, 5) is 23.7. The van der Waals surface area contributed by atoms with Crippen LogP contribution in [0.5, 0.6) is 0 Å². The lowest BCUT2D eigenvalue weighted by molar-refractivity contribution is -0.148. The van der Waals surface area contributed by atoms with Crippen molar-refractivity contribution in [3.8, 4) is 0 Å². The second-order valence-corrected chi connectivity index (χ2v) is 5.51. The molecule has 2 aliphatic carbocycles. The zero-order chi connectivity index (χ0) is 14.7. The fraction of sp³-hybridized carbons (Fsp3) is 0.714. The summed E-state index contributed by atoms with van der Waals surface area (Å²) in [5.41, 5.74) is 0. The van der Waals surface area contributed by atoms with E-state index in [0.717, 1.165) is 6.42 Å².